The minimum Gasteiger partial charge on any atom is -0.465 e. The van der Waals surface area contributed by atoms with Gasteiger partial charge in [0.15, 0.2) is 0 Å². The third kappa shape index (κ3) is 3.23. The molecule has 5 nitrogen and oxygen atoms in total. The van der Waals surface area contributed by atoms with Gasteiger partial charge in [0.1, 0.15) is 0 Å². The van der Waals surface area contributed by atoms with Crippen molar-refractivity contribution in [1.82, 2.24) is 9.80 Å². The summed E-state index contributed by atoms with van der Waals surface area (Å²) in [6.45, 7) is 1.76. The summed E-state index contributed by atoms with van der Waals surface area (Å²) in [5, 5.41) is 10.8. The number of carboxylic acid groups (broad SMARTS) is 1. The normalized spacial score (nSPS) is 15.8. The first-order valence-electron chi connectivity index (χ1n) is 5.55. The summed E-state index contributed by atoms with van der Waals surface area (Å²) >= 11 is 4.90. The molecule has 98 valence electrons. The lowest BCUT2D eigenvalue weighted by Crippen LogP contribution is -2.50. The van der Waals surface area contributed by atoms with Gasteiger partial charge in [-0.2, -0.15) is 0 Å². The number of hydrogen-bond acceptors (Lipinski definition) is 3. The number of thiophene rings is 1. The molecule has 1 aromatic rings. The van der Waals surface area contributed by atoms with Gasteiger partial charge in [-0.25, -0.2) is 4.79 Å². The van der Waals surface area contributed by atoms with Crippen molar-refractivity contribution in [3.63, 3.8) is 0 Å². The van der Waals surface area contributed by atoms with Crippen molar-refractivity contribution < 1.29 is 14.7 Å². The number of hydrogen-bond donors (Lipinski definition) is 1. The Kier molecular flexibility index (Phi) is 4.23. The average Bonchev–Trinajstić information content (AvgIpc) is 2.75. The number of nitrogens with zero attached hydrogens (tertiary/aromatic N) is 2. The van der Waals surface area contributed by atoms with Crippen molar-refractivity contribution in [2.75, 3.05) is 26.2 Å². The van der Waals surface area contributed by atoms with E-state index < -0.39 is 6.09 Å². The fourth-order valence-corrected chi connectivity index (χ4v) is 3.30. The SMILES string of the molecule is O=C(O)N1CCN(C(=O)Cc2cc(Br)cs2)CC1. The van der Waals surface area contributed by atoms with Crippen LogP contribution in [0.4, 0.5) is 4.79 Å². The second-order valence-electron chi connectivity index (χ2n) is 4.06. The third-order valence-electron chi connectivity index (χ3n) is 2.85. The molecule has 1 fully saturated rings. The Labute approximate surface area is 117 Å². The minimum absolute atomic E-state index is 0.0642. The van der Waals surface area contributed by atoms with Crippen molar-refractivity contribution in [2.45, 2.75) is 6.42 Å². The molecule has 0 saturated carbocycles. The van der Waals surface area contributed by atoms with Crippen LogP contribution in [0.1, 0.15) is 4.88 Å². The first-order chi connectivity index (χ1) is 8.56. The number of rotatable bonds is 2. The Morgan fingerprint density at radius 1 is 1.28 bits per heavy atom. The van der Waals surface area contributed by atoms with Crippen molar-refractivity contribution in [3.8, 4) is 0 Å². The van der Waals surface area contributed by atoms with Crippen LogP contribution < -0.4 is 0 Å². The van der Waals surface area contributed by atoms with Crippen LogP contribution in [0.3, 0.4) is 0 Å². The molecule has 0 unspecified atom stereocenters. The molecule has 7 heteroatoms. The molecule has 18 heavy (non-hydrogen) atoms. The van der Waals surface area contributed by atoms with E-state index in [4.69, 9.17) is 5.11 Å². The van der Waals surface area contributed by atoms with E-state index in [9.17, 15) is 9.59 Å². The first kappa shape index (κ1) is 13.4. The van der Waals surface area contributed by atoms with Crippen molar-refractivity contribution in [1.29, 1.82) is 0 Å². The highest BCUT2D eigenvalue weighted by molar-refractivity contribution is 9.10. The van der Waals surface area contributed by atoms with Crippen LogP contribution in [-0.2, 0) is 11.2 Å². The van der Waals surface area contributed by atoms with Gasteiger partial charge < -0.3 is 14.9 Å². The van der Waals surface area contributed by atoms with Crippen molar-refractivity contribution in [2.24, 2.45) is 0 Å². The summed E-state index contributed by atoms with van der Waals surface area (Å²) < 4.78 is 0.992. The number of amides is 2. The Balaban J connectivity index is 1.86. The van der Waals surface area contributed by atoms with E-state index in [2.05, 4.69) is 15.9 Å². The van der Waals surface area contributed by atoms with Crippen LogP contribution in [-0.4, -0.2) is 53.1 Å². The summed E-state index contributed by atoms with van der Waals surface area (Å²) in [6.07, 6.45) is -0.520. The van der Waals surface area contributed by atoms with Crippen LogP contribution in [0, 0.1) is 0 Å². The van der Waals surface area contributed by atoms with Gasteiger partial charge in [0.05, 0.1) is 6.42 Å². The molecule has 1 aliphatic heterocycles. The van der Waals surface area contributed by atoms with Gasteiger partial charge in [-0.3, -0.25) is 4.79 Å². The first-order valence-corrected chi connectivity index (χ1v) is 7.22. The highest BCUT2D eigenvalue weighted by Gasteiger charge is 2.23. The summed E-state index contributed by atoms with van der Waals surface area (Å²) in [7, 11) is 0. The predicted octanol–water partition coefficient (Wildman–Crippen LogP) is 1.88. The van der Waals surface area contributed by atoms with Crippen LogP contribution in [0.2, 0.25) is 0 Å². The fraction of sp³-hybridized carbons (Fsp3) is 0.455. The smallest absolute Gasteiger partial charge is 0.407 e. The molecule has 2 heterocycles. The number of carbonyl (C=O) groups is 2. The van der Waals surface area contributed by atoms with E-state index in [0.29, 0.717) is 32.6 Å². The van der Waals surface area contributed by atoms with E-state index >= 15 is 0 Å². The maximum Gasteiger partial charge on any atom is 0.407 e. The highest BCUT2D eigenvalue weighted by atomic mass is 79.9. The molecule has 0 spiro atoms. The van der Waals surface area contributed by atoms with Crippen LogP contribution >= 0.6 is 27.3 Å². The van der Waals surface area contributed by atoms with Gasteiger partial charge in [0, 0.05) is 40.9 Å². The Bertz CT molecular complexity index is 455. The summed E-state index contributed by atoms with van der Waals surface area (Å²) in [4.78, 5) is 26.8. The largest absolute Gasteiger partial charge is 0.465 e. The lowest BCUT2D eigenvalue weighted by atomic mass is 10.2. The van der Waals surface area contributed by atoms with Gasteiger partial charge in [-0.1, -0.05) is 0 Å². The maximum absolute atomic E-state index is 12.0. The highest BCUT2D eigenvalue weighted by Crippen LogP contribution is 2.20. The third-order valence-corrected chi connectivity index (χ3v) is 4.55. The molecule has 0 radical (unpaired) electrons. The van der Waals surface area contributed by atoms with Gasteiger partial charge in [-0.15, -0.1) is 11.3 Å². The monoisotopic (exact) mass is 332 g/mol. The molecule has 2 amide bonds. The van der Waals surface area contributed by atoms with Crippen LogP contribution in [0.5, 0.6) is 0 Å². The van der Waals surface area contributed by atoms with E-state index in [1.165, 1.54) is 4.90 Å². The van der Waals surface area contributed by atoms with E-state index in [-0.39, 0.29) is 5.91 Å². The van der Waals surface area contributed by atoms with E-state index in [1.54, 1.807) is 16.2 Å². The zero-order chi connectivity index (χ0) is 13.1. The summed E-state index contributed by atoms with van der Waals surface area (Å²) in [5.41, 5.74) is 0. The van der Waals surface area contributed by atoms with Crippen LogP contribution in [0.25, 0.3) is 0 Å². The number of piperazine rings is 1. The molecule has 0 aliphatic carbocycles. The molecule has 1 aromatic heterocycles. The van der Waals surface area contributed by atoms with Gasteiger partial charge in [0.2, 0.25) is 5.91 Å². The lowest BCUT2D eigenvalue weighted by molar-refractivity contribution is -0.131. The summed E-state index contributed by atoms with van der Waals surface area (Å²) in [5.74, 6) is 0.0642. The zero-order valence-electron chi connectivity index (χ0n) is 9.63. The molecule has 2 rings (SSSR count). The molecular formula is C11H13BrN2O3S. The zero-order valence-corrected chi connectivity index (χ0v) is 12.0. The second kappa shape index (κ2) is 5.71. The quantitative estimate of drug-likeness (QED) is 0.899. The Morgan fingerprint density at radius 3 is 2.39 bits per heavy atom. The Hall–Kier alpha value is -1.08. The van der Waals surface area contributed by atoms with E-state index in [0.717, 1.165) is 9.35 Å². The van der Waals surface area contributed by atoms with Crippen molar-refractivity contribution >= 4 is 39.3 Å². The van der Waals surface area contributed by atoms with Gasteiger partial charge >= 0.3 is 6.09 Å². The van der Waals surface area contributed by atoms with Gasteiger partial charge in [0.25, 0.3) is 0 Å². The molecule has 1 N–H and O–H groups in total. The number of carbonyl (C=O) groups excluding carboxylic acids is 1. The molecule has 0 bridgehead atoms. The minimum atomic E-state index is -0.913. The second-order valence-corrected chi connectivity index (χ2v) is 5.97. The molecule has 0 atom stereocenters. The topological polar surface area (TPSA) is 60.9 Å². The maximum atomic E-state index is 12.0. The van der Waals surface area contributed by atoms with Gasteiger partial charge in [-0.05, 0) is 22.0 Å². The predicted molar refractivity (Wildman–Crippen MR) is 71.9 cm³/mol. The number of halogens is 1. The fourth-order valence-electron chi connectivity index (χ4n) is 1.85. The summed E-state index contributed by atoms with van der Waals surface area (Å²) in [6, 6.07) is 1.94. The Morgan fingerprint density at radius 2 is 1.89 bits per heavy atom. The standard InChI is InChI=1S/C11H13BrN2O3S/c12-8-5-9(18-7-8)6-10(15)13-1-3-14(4-2-13)11(16)17/h5,7H,1-4,6H2,(H,16,17). The molecule has 0 aromatic carbocycles. The molecule has 1 aliphatic rings. The van der Waals surface area contributed by atoms with Crippen LogP contribution in [0.15, 0.2) is 15.9 Å². The van der Waals surface area contributed by atoms with E-state index in [1.807, 2.05) is 11.4 Å². The molecular weight excluding hydrogens is 320 g/mol. The average molecular weight is 333 g/mol. The molecule has 1 saturated heterocycles. The van der Waals surface area contributed by atoms with Crippen molar-refractivity contribution in [3.05, 3.63) is 20.8 Å². The lowest BCUT2D eigenvalue weighted by Gasteiger charge is -2.33.